The third-order valence-corrected chi connectivity index (χ3v) is 4.53. The fourth-order valence-electron chi connectivity index (χ4n) is 2.31. The van der Waals surface area contributed by atoms with Crippen LogP contribution in [0.15, 0.2) is 36.4 Å². The van der Waals surface area contributed by atoms with Gasteiger partial charge in [-0.05, 0) is 61.7 Å². The molecule has 2 N–H and O–H groups in total. The first-order valence-corrected chi connectivity index (χ1v) is 9.32. The Kier molecular flexibility index (Phi) is 7.95. The molecule has 0 saturated carbocycles. The summed E-state index contributed by atoms with van der Waals surface area (Å²) < 4.78 is 5.59. The SMILES string of the molecule is Cc1ccc(NC(=O)CNC(=O)CCCOc2ccc(Cl)c(C)c2)c(Cl)c1. The largest absolute Gasteiger partial charge is 0.494 e. The maximum absolute atomic E-state index is 11.9. The van der Waals surface area contributed by atoms with Crippen molar-refractivity contribution < 1.29 is 14.3 Å². The number of hydrogen-bond donors (Lipinski definition) is 2. The van der Waals surface area contributed by atoms with Crippen LogP contribution in [0.25, 0.3) is 0 Å². The molecular formula is C20H22Cl2N2O3. The first-order valence-electron chi connectivity index (χ1n) is 8.57. The summed E-state index contributed by atoms with van der Waals surface area (Å²) in [4.78, 5) is 23.7. The monoisotopic (exact) mass is 408 g/mol. The van der Waals surface area contributed by atoms with E-state index in [0.717, 1.165) is 11.1 Å². The number of halogens is 2. The van der Waals surface area contributed by atoms with E-state index in [1.807, 2.05) is 26.0 Å². The summed E-state index contributed by atoms with van der Waals surface area (Å²) in [5, 5.41) is 6.40. The van der Waals surface area contributed by atoms with Crippen molar-refractivity contribution >= 4 is 40.7 Å². The quantitative estimate of drug-likeness (QED) is 0.630. The van der Waals surface area contributed by atoms with E-state index in [0.29, 0.717) is 34.5 Å². The van der Waals surface area contributed by atoms with Crippen LogP contribution in [0.3, 0.4) is 0 Å². The smallest absolute Gasteiger partial charge is 0.243 e. The zero-order chi connectivity index (χ0) is 19.8. The molecule has 2 amide bonds. The lowest BCUT2D eigenvalue weighted by molar-refractivity contribution is -0.124. The fourth-order valence-corrected chi connectivity index (χ4v) is 2.71. The highest BCUT2D eigenvalue weighted by atomic mass is 35.5. The van der Waals surface area contributed by atoms with Crippen LogP contribution in [0.4, 0.5) is 5.69 Å². The van der Waals surface area contributed by atoms with Gasteiger partial charge in [-0.3, -0.25) is 9.59 Å². The van der Waals surface area contributed by atoms with Gasteiger partial charge in [0.15, 0.2) is 0 Å². The van der Waals surface area contributed by atoms with E-state index in [1.165, 1.54) is 0 Å². The van der Waals surface area contributed by atoms with Crippen LogP contribution in [-0.4, -0.2) is 25.0 Å². The standard InChI is InChI=1S/C20H22Cl2N2O3/c1-13-5-8-18(17(22)10-13)24-20(26)12-23-19(25)4-3-9-27-15-6-7-16(21)14(2)11-15/h5-8,10-11H,3-4,9,12H2,1-2H3,(H,23,25)(H,24,26). The van der Waals surface area contributed by atoms with Crippen molar-refractivity contribution in [3.63, 3.8) is 0 Å². The summed E-state index contributed by atoms with van der Waals surface area (Å²) in [7, 11) is 0. The summed E-state index contributed by atoms with van der Waals surface area (Å²) in [6.07, 6.45) is 0.810. The molecule has 0 spiro atoms. The molecule has 0 fully saturated rings. The van der Waals surface area contributed by atoms with E-state index in [9.17, 15) is 9.59 Å². The zero-order valence-corrected chi connectivity index (χ0v) is 16.8. The van der Waals surface area contributed by atoms with Gasteiger partial charge in [0.25, 0.3) is 0 Å². The molecule has 2 aromatic carbocycles. The molecule has 0 aliphatic rings. The second kappa shape index (κ2) is 10.2. The molecule has 0 aliphatic carbocycles. The van der Waals surface area contributed by atoms with Crippen molar-refractivity contribution in [2.24, 2.45) is 0 Å². The van der Waals surface area contributed by atoms with Crippen LogP contribution in [0, 0.1) is 13.8 Å². The van der Waals surface area contributed by atoms with Gasteiger partial charge in [-0.1, -0.05) is 29.3 Å². The number of amides is 2. The van der Waals surface area contributed by atoms with Crippen molar-refractivity contribution in [1.29, 1.82) is 0 Å². The van der Waals surface area contributed by atoms with Crippen LogP contribution in [0.2, 0.25) is 10.0 Å². The maximum Gasteiger partial charge on any atom is 0.243 e. The molecule has 2 rings (SSSR count). The van der Waals surface area contributed by atoms with Crippen LogP contribution in [-0.2, 0) is 9.59 Å². The highest BCUT2D eigenvalue weighted by molar-refractivity contribution is 6.33. The van der Waals surface area contributed by atoms with E-state index < -0.39 is 0 Å². The van der Waals surface area contributed by atoms with Crippen LogP contribution >= 0.6 is 23.2 Å². The molecule has 5 nitrogen and oxygen atoms in total. The molecule has 0 atom stereocenters. The summed E-state index contributed by atoms with van der Waals surface area (Å²) >= 11 is 12.0. The highest BCUT2D eigenvalue weighted by Gasteiger charge is 2.08. The predicted molar refractivity (Wildman–Crippen MR) is 109 cm³/mol. The number of carbonyl (C=O) groups excluding carboxylic acids is 2. The van der Waals surface area contributed by atoms with E-state index in [4.69, 9.17) is 27.9 Å². The first-order chi connectivity index (χ1) is 12.8. The van der Waals surface area contributed by atoms with E-state index in [1.54, 1.807) is 24.3 Å². The molecule has 27 heavy (non-hydrogen) atoms. The Morgan fingerprint density at radius 1 is 1.00 bits per heavy atom. The Morgan fingerprint density at radius 2 is 1.78 bits per heavy atom. The number of carbonyl (C=O) groups is 2. The van der Waals surface area contributed by atoms with Crippen molar-refractivity contribution in [2.75, 3.05) is 18.5 Å². The van der Waals surface area contributed by atoms with Gasteiger partial charge in [-0.2, -0.15) is 0 Å². The van der Waals surface area contributed by atoms with Gasteiger partial charge >= 0.3 is 0 Å². The third-order valence-electron chi connectivity index (χ3n) is 3.79. The minimum absolute atomic E-state index is 0.111. The minimum Gasteiger partial charge on any atom is -0.494 e. The first kappa shape index (κ1) is 21.1. The molecule has 2 aromatic rings. The fraction of sp³-hybridized carbons (Fsp3) is 0.300. The molecule has 144 valence electrons. The molecule has 0 radical (unpaired) electrons. The minimum atomic E-state index is -0.331. The highest BCUT2D eigenvalue weighted by Crippen LogP contribution is 2.22. The van der Waals surface area contributed by atoms with E-state index in [2.05, 4.69) is 10.6 Å². The third kappa shape index (κ3) is 7.12. The van der Waals surface area contributed by atoms with Gasteiger partial charge in [-0.25, -0.2) is 0 Å². The normalized spacial score (nSPS) is 10.4. The van der Waals surface area contributed by atoms with Crippen molar-refractivity contribution in [3.05, 3.63) is 57.6 Å². The van der Waals surface area contributed by atoms with Gasteiger partial charge in [0, 0.05) is 11.4 Å². The summed E-state index contributed by atoms with van der Waals surface area (Å²) in [5.74, 6) is 0.171. The van der Waals surface area contributed by atoms with Gasteiger partial charge in [0.1, 0.15) is 5.75 Å². The molecule has 7 heteroatoms. The Balaban J connectivity index is 1.65. The number of ether oxygens (including phenoxy) is 1. The average molecular weight is 409 g/mol. The second-order valence-corrected chi connectivity index (χ2v) is 6.99. The van der Waals surface area contributed by atoms with Crippen LogP contribution < -0.4 is 15.4 Å². The Labute approximate surface area is 169 Å². The van der Waals surface area contributed by atoms with Crippen LogP contribution in [0.1, 0.15) is 24.0 Å². The molecule has 0 heterocycles. The average Bonchev–Trinajstić information content (AvgIpc) is 2.62. The summed E-state index contributed by atoms with van der Waals surface area (Å²) in [5.41, 5.74) is 2.46. The van der Waals surface area contributed by atoms with Gasteiger partial charge in [0.05, 0.1) is 23.9 Å². The van der Waals surface area contributed by atoms with Gasteiger partial charge in [-0.15, -0.1) is 0 Å². The Morgan fingerprint density at radius 3 is 2.48 bits per heavy atom. The van der Waals surface area contributed by atoms with Crippen molar-refractivity contribution in [2.45, 2.75) is 26.7 Å². The Hall–Kier alpha value is -2.24. The number of rotatable bonds is 8. The van der Waals surface area contributed by atoms with E-state index >= 15 is 0 Å². The zero-order valence-electron chi connectivity index (χ0n) is 15.3. The maximum atomic E-state index is 11.9. The van der Waals surface area contributed by atoms with Crippen LogP contribution in [0.5, 0.6) is 5.75 Å². The number of anilines is 1. The lowest BCUT2D eigenvalue weighted by atomic mass is 10.2. The number of benzene rings is 2. The molecule has 0 unspecified atom stereocenters. The number of hydrogen-bond acceptors (Lipinski definition) is 3. The van der Waals surface area contributed by atoms with Gasteiger partial charge < -0.3 is 15.4 Å². The van der Waals surface area contributed by atoms with Crippen molar-refractivity contribution in [3.8, 4) is 5.75 Å². The molecule has 0 bridgehead atoms. The molecule has 0 aliphatic heterocycles. The topological polar surface area (TPSA) is 67.4 Å². The van der Waals surface area contributed by atoms with Crippen molar-refractivity contribution in [1.82, 2.24) is 5.32 Å². The summed E-state index contributed by atoms with van der Waals surface area (Å²) in [6, 6.07) is 10.8. The van der Waals surface area contributed by atoms with E-state index in [-0.39, 0.29) is 24.8 Å². The molecule has 0 aromatic heterocycles. The number of aryl methyl sites for hydroxylation is 2. The second-order valence-electron chi connectivity index (χ2n) is 6.17. The Bertz CT molecular complexity index is 825. The van der Waals surface area contributed by atoms with Gasteiger partial charge in [0.2, 0.25) is 11.8 Å². The lowest BCUT2D eigenvalue weighted by Gasteiger charge is -2.10. The molecule has 0 saturated heterocycles. The summed E-state index contributed by atoms with van der Waals surface area (Å²) in [6.45, 7) is 4.10. The predicted octanol–water partition coefficient (Wildman–Crippen LogP) is 4.52. The number of nitrogens with one attached hydrogen (secondary N) is 2. The lowest BCUT2D eigenvalue weighted by Crippen LogP contribution is -2.32. The molecular weight excluding hydrogens is 387 g/mol.